The van der Waals surface area contributed by atoms with Crippen LogP contribution in [0.2, 0.25) is 0 Å². The molecule has 3 heterocycles. The van der Waals surface area contributed by atoms with Gasteiger partial charge in [0.2, 0.25) is 5.91 Å². The van der Waals surface area contributed by atoms with E-state index in [-0.39, 0.29) is 11.0 Å². The van der Waals surface area contributed by atoms with Crippen LogP contribution in [0.15, 0.2) is 12.3 Å². The molecule has 1 aromatic heterocycles. The van der Waals surface area contributed by atoms with Gasteiger partial charge in [0.25, 0.3) is 0 Å². The van der Waals surface area contributed by atoms with E-state index in [1.54, 1.807) is 0 Å². The molecule has 24 heavy (non-hydrogen) atoms. The molecule has 3 rings (SSSR count). The van der Waals surface area contributed by atoms with Crippen molar-refractivity contribution in [3.05, 3.63) is 23.8 Å². The molecule has 0 bridgehead atoms. The van der Waals surface area contributed by atoms with E-state index in [0.29, 0.717) is 5.91 Å². The van der Waals surface area contributed by atoms with E-state index in [2.05, 4.69) is 40.7 Å². The molecule has 0 unspecified atom stereocenters. The number of nitrogens with zero attached hydrogens (tertiary/aromatic N) is 4. The van der Waals surface area contributed by atoms with Gasteiger partial charge in [0.15, 0.2) is 0 Å². The average molecular weight is 330 g/mol. The van der Waals surface area contributed by atoms with Crippen LogP contribution in [0.25, 0.3) is 0 Å². The second-order valence-electron chi connectivity index (χ2n) is 7.99. The molecule has 0 radical (unpaired) electrons. The molecule has 0 N–H and O–H groups in total. The number of carbonyl (C=O) groups excluding carboxylic acids is 1. The highest BCUT2D eigenvalue weighted by Crippen LogP contribution is 2.36. The first-order chi connectivity index (χ1) is 11.3. The van der Waals surface area contributed by atoms with Crippen molar-refractivity contribution in [1.82, 2.24) is 19.8 Å². The minimum absolute atomic E-state index is 0.0455. The van der Waals surface area contributed by atoms with E-state index in [9.17, 15) is 4.79 Å². The second kappa shape index (κ2) is 6.43. The maximum absolute atomic E-state index is 13.1. The number of aryl methyl sites for hydroxylation is 1. The Kier molecular flexibility index (Phi) is 4.65. The van der Waals surface area contributed by atoms with E-state index >= 15 is 0 Å². The van der Waals surface area contributed by atoms with Crippen molar-refractivity contribution in [2.45, 2.75) is 63.8 Å². The Morgan fingerprint density at radius 2 is 1.83 bits per heavy atom. The Morgan fingerprint density at radius 3 is 2.46 bits per heavy atom. The molecule has 1 amide bonds. The predicted molar refractivity (Wildman–Crippen MR) is 94.8 cm³/mol. The lowest BCUT2D eigenvalue weighted by Crippen LogP contribution is -2.60. The number of likely N-dealkylation sites (N-methyl/N-ethyl adjacent to an activating group) is 1. The molecule has 2 aliphatic rings. The van der Waals surface area contributed by atoms with Gasteiger partial charge in [-0.2, -0.15) is 0 Å². The number of hydrogen-bond donors (Lipinski definition) is 0. The number of piperidine rings is 2. The van der Waals surface area contributed by atoms with Gasteiger partial charge >= 0.3 is 0 Å². The van der Waals surface area contributed by atoms with E-state index < -0.39 is 0 Å². The van der Waals surface area contributed by atoms with Crippen molar-refractivity contribution < 1.29 is 4.79 Å². The fraction of sp³-hybridized carbons (Fsp3) is 0.737. The third-order valence-corrected chi connectivity index (χ3v) is 6.26. The van der Waals surface area contributed by atoms with Gasteiger partial charge in [-0.1, -0.05) is 6.92 Å². The Labute approximate surface area is 145 Å². The van der Waals surface area contributed by atoms with Gasteiger partial charge in [0.1, 0.15) is 5.82 Å². The minimum Gasteiger partial charge on any atom is -0.341 e. The Hall–Kier alpha value is -1.49. The molecule has 0 aliphatic carbocycles. The van der Waals surface area contributed by atoms with Crippen molar-refractivity contribution in [2.24, 2.45) is 0 Å². The molecule has 5 heteroatoms. The third kappa shape index (κ3) is 3.06. The van der Waals surface area contributed by atoms with Gasteiger partial charge in [0, 0.05) is 24.7 Å². The lowest BCUT2D eigenvalue weighted by molar-refractivity contribution is -0.146. The van der Waals surface area contributed by atoms with Crippen LogP contribution in [0.3, 0.4) is 0 Å². The summed E-state index contributed by atoms with van der Waals surface area (Å²) in [6, 6.07) is 2.03. The highest BCUT2D eigenvalue weighted by atomic mass is 16.2. The number of aromatic nitrogens is 2. The zero-order chi connectivity index (χ0) is 17.4. The number of rotatable bonds is 2. The summed E-state index contributed by atoms with van der Waals surface area (Å²) in [6.07, 6.45) is 7.10. The Balaban J connectivity index is 1.69. The quantitative estimate of drug-likeness (QED) is 0.836. The van der Waals surface area contributed by atoms with E-state index in [1.165, 1.54) is 6.42 Å². The summed E-state index contributed by atoms with van der Waals surface area (Å²) < 4.78 is 0. The van der Waals surface area contributed by atoms with Crippen molar-refractivity contribution >= 4 is 5.91 Å². The van der Waals surface area contributed by atoms with Crippen LogP contribution >= 0.6 is 0 Å². The summed E-state index contributed by atoms with van der Waals surface area (Å²) in [5, 5.41) is 0. The first kappa shape index (κ1) is 17.3. The first-order valence-electron chi connectivity index (χ1n) is 9.16. The van der Waals surface area contributed by atoms with Crippen LogP contribution in [0.4, 0.5) is 0 Å². The predicted octanol–water partition coefficient (Wildman–Crippen LogP) is 2.54. The number of hydrogen-bond acceptors (Lipinski definition) is 4. The monoisotopic (exact) mass is 330 g/mol. The maximum Gasteiger partial charge on any atom is 0.242 e. The third-order valence-electron chi connectivity index (χ3n) is 6.26. The normalized spacial score (nSPS) is 27.9. The number of carbonyl (C=O) groups is 1. The zero-order valence-corrected chi connectivity index (χ0v) is 15.5. The minimum atomic E-state index is -0.322. The van der Waals surface area contributed by atoms with Gasteiger partial charge in [-0.25, -0.2) is 9.97 Å². The van der Waals surface area contributed by atoms with E-state index in [1.807, 2.05) is 19.2 Å². The number of likely N-dealkylation sites (tertiary alicyclic amines) is 2. The molecule has 0 spiro atoms. The maximum atomic E-state index is 13.1. The zero-order valence-electron chi connectivity index (χ0n) is 15.5. The SMILES string of the molecule is Cc1nccc(C2(C)CCN(C(=O)[C@]3(C)CCCCN3C)CC2)n1. The molecule has 1 atom stereocenters. The molecule has 5 nitrogen and oxygen atoms in total. The molecule has 0 aromatic carbocycles. The molecular formula is C19H30N4O. The van der Waals surface area contributed by atoms with Gasteiger partial charge in [-0.3, -0.25) is 9.69 Å². The van der Waals surface area contributed by atoms with Crippen molar-refractivity contribution in [1.29, 1.82) is 0 Å². The fourth-order valence-electron chi connectivity index (χ4n) is 4.12. The topological polar surface area (TPSA) is 49.3 Å². The van der Waals surface area contributed by atoms with Gasteiger partial charge in [-0.15, -0.1) is 0 Å². The Bertz CT molecular complexity index is 609. The van der Waals surface area contributed by atoms with Crippen LogP contribution in [0.5, 0.6) is 0 Å². The standard InChI is InChI=1S/C19H30N4O/c1-15-20-11-7-16(21-15)18(2)9-13-23(14-10-18)17(24)19(3)8-5-6-12-22(19)4/h7,11H,5-6,8-10,12-14H2,1-4H3/t19-/m0/s1. The van der Waals surface area contributed by atoms with E-state index in [0.717, 1.165) is 56.8 Å². The molecule has 1 aromatic rings. The van der Waals surface area contributed by atoms with E-state index in [4.69, 9.17) is 0 Å². The summed E-state index contributed by atoms with van der Waals surface area (Å²) in [7, 11) is 2.09. The molecule has 132 valence electrons. The average Bonchev–Trinajstić information content (AvgIpc) is 2.58. The van der Waals surface area contributed by atoms with Crippen molar-refractivity contribution in [3.8, 4) is 0 Å². The summed E-state index contributed by atoms with van der Waals surface area (Å²) in [5.74, 6) is 1.13. The first-order valence-corrected chi connectivity index (χ1v) is 9.16. The lowest BCUT2D eigenvalue weighted by Gasteiger charge is -2.47. The van der Waals surface area contributed by atoms with Crippen LogP contribution < -0.4 is 0 Å². The van der Waals surface area contributed by atoms with Gasteiger partial charge in [-0.05, 0) is 65.6 Å². The van der Waals surface area contributed by atoms with Crippen LogP contribution in [-0.4, -0.2) is 57.9 Å². The second-order valence-corrected chi connectivity index (χ2v) is 7.99. The largest absolute Gasteiger partial charge is 0.341 e. The van der Waals surface area contributed by atoms with Gasteiger partial charge < -0.3 is 4.90 Å². The lowest BCUT2D eigenvalue weighted by atomic mass is 9.76. The molecule has 2 aliphatic heterocycles. The smallest absolute Gasteiger partial charge is 0.242 e. The summed E-state index contributed by atoms with van der Waals surface area (Å²) >= 11 is 0. The Morgan fingerprint density at radius 1 is 1.12 bits per heavy atom. The van der Waals surface area contributed by atoms with Gasteiger partial charge in [0.05, 0.1) is 11.2 Å². The molecule has 2 fully saturated rings. The number of amides is 1. The van der Waals surface area contributed by atoms with Crippen LogP contribution in [-0.2, 0) is 10.2 Å². The highest BCUT2D eigenvalue weighted by Gasteiger charge is 2.44. The van der Waals surface area contributed by atoms with Crippen molar-refractivity contribution in [2.75, 3.05) is 26.7 Å². The van der Waals surface area contributed by atoms with Crippen LogP contribution in [0, 0.1) is 6.92 Å². The summed E-state index contributed by atoms with van der Waals surface area (Å²) in [5.41, 5.74) is 0.838. The summed E-state index contributed by atoms with van der Waals surface area (Å²) in [6.45, 7) is 8.99. The fourth-order valence-corrected chi connectivity index (χ4v) is 4.12. The molecule has 0 saturated carbocycles. The van der Waals surface area contributed by atoms with Crippen molar-refractivity contribution in [3.63, 3.8) is 0 Å². The summed E-state index contributed by atoms with van der Waals surface area (Å²) in [4.78, 5) is 26.3. The highest BCUT2D eigenvalue weighted by molar-refractivity contribution is 5.86. The van der Waals surface area contributed by atoms with Crippen LogP contribution in [0.1, 0.15) is 57.5 Å². The molecular weight excluding hydrogens is 300 g/mol. The molecule has 2 saturated heterocycles.